The summed E-state index contributed by atoms with van der Waals surface area (Å²) in [6, 6.07) is 7.59. The minimum absolute atomic E-state index is 0.0415. The summed E-state index contributed by atoms with van der Waals surface area (Å²) in [7, 11) is 0. The Kier molecular flexibility index (Phi) is 6.56. The molecule has 5 heteroatoms. The van der Waals surface area contributed by atoms with E-state index in [0.717, 1.165) is 12.0 Å². The van der Waals surface area contributed by atoms with Crippen LogP contribution in [0.5, 0.6) is 5.75 Å². The molecule has 1 aromatic carbocycles. The number of rotatable bonds is 8. The molecule has 110 valence electrons. The Labute approximate surface area is 118 Å². The molecule has 0 spiro atoms. The molecule has 1 aromatic rings. The third-order valence-corrected chi connectivity index (χ3v) is 2.88. The molecule has 0 saturated heterocycles. The highest BCUT2D eigenvalue weighted by atomic mass is 16.5. The number of ether oxygens (including phenoxy) is 1. The molecule has 0 heterocycles. The molecule has 1 amide bonds. The normalized spacial score (nSPS) is 11.7. The lowest BCUT2D eigenvalue weighted by molar-refractivity contribution is -0.138. The second-order valence-electron chi connectivity index (χ2n) is 4.76. The van der Waals surface area contributed by atoms with Crippen LogP contribution >= 0.6 is 0 Å². The zero-order valence-corrected chi connectivity index (χ0v) is 11.9. The first-order valence-electron chi connectivity index (χ1n) is 6.72. The molecule has 1 unspecified atom stereocenters. The predicted molar refractivity (Wildman–Crippen MR) is 75.7 cm³/mol. The maximum atomic E-state index is 11.6. The number of aryl methyl sites for hydroxylation is 1. The number of aliphatic carboxylic acids is 1. The summed E-state index contributed by atoms with van der Waals surface area (Å²) in [6.07, 6.45) is 0.882. The molecular weight excluding hydrogens is 258 g/mol. The van der Waals surface area contributed by atoms with Crippen LogP contribution in [-0.2, 0) is 16.0 Å². The van der Waals surface area contributed by atoms with Crippen molar-refractivity contribution in [1.29, 1.82) is 0 Å². The number of nitrogens with one attached hydrogen (secondary N) is 1. The number of amides is 1. The second-order valence-corrected chi connectivity index (χ2v) is 4.76. The maximum absolute atomic E-state index is 11.6. The molecular formula is C15H21NO4. The smallest absolute Gasteiger partial charge is 0.303 e. The maximum Gasteiger partial charge on any atom is 0.303 e. The van der Waals surface area contributed by atoms with Crippen LogP contribution in [0, 0.1) is 5.92 Å². The van der Waals surface area contributed by atoms with Gasteiger partial charge in [-0.15, -0.1) is 0 Å². The average molecular weight is 279 g/mol. The summed E-state index contributed by atoms with van der Waals surface area (Å²) in [6.45, 7) is 4.08. The molecule has 0 aliphatic rings. The van der Waals surface area contributed by atoms with E-state index >= 15 is 0 Å². The van der Waals surface area contributed by atoms with Crippen molar-refractivity contribution in [2.75, 3.05) is 13.2 Å². The van der Waals surface area contributed by atoms with Crippen LogP contribution in [0.1, 0.15) is 25.8 Å². The first kappa shape index (κ1) is 16.0. The lowest BCUT2D eigenvalue weighted by atomic mass is 10.1. The first-order chi connectivity index (χ1) is 9.52. The van der Waals surface area contributed by atoms with Crippen LogP contribution in [0.25, 0.3) is 0 Å². The molecule has 5 nitrogen and oxygen atoms in total. The molecule has 1 rings (SSSR count). The van der Waals surface area contributed by atoms with Crippen LogP contribution in [0.3, 0.4) is 0 Å². The lowest BCUT2D eigenvalue weighted by Gasteiger charge is -2.12. The van der Waals surface area contributed by atoms with Crippen molar-refractivity contribution in [3.8, 4) is 5.75 Å². The number of carboxylic acids is 1. The van der Waals surface area contributed by atoms with Gasteiger partial charge in [-0.3, -0.25) is 9.59 Å². The van der Waals surface area contributed by atoms with Crippen LogP contribution in [0.2, 0.25) is 0 Å². The fourth-order valence-electron chi connectivity index (χ4n) is 1.79. The van der Waals surface area contributed by atoms with Crippen LogP contribution in [0.15, 0.2) is 24.3 Å². The standard InChI is InChI=1S/C15H21NO4/c1-3-12-6-4-5-7-13(12)20-10-14(17)16-9-11(2)8-15(18)19/h4-7,11H,3,8-10H2,1-2H3,(H,16,17)(H,18,19). The molecule has 0 saturated carbocycles. The van der Waals surface area contributed by atoms with Gasteiger partial charge in [-0.2, -0.15) is 0 Å². The molecule has 0 aliphatic carbocycles. The molecule has 0 fully saturated rings. The van der Waals surface area contributed by atoms with Crippen molar-refractivity contribution in [3.05, 3.63) is 29.8 Å². The first-order valence-corrected chi connectivity index (χ1v) is 6.72. The van der Waals surface area contributed by atoms with Crippen molar-refractivity contribution >= 4 is 11.9 Å². The van der Waals surface area contributed by atoms with Crippen molar-refractivity contribution in [3.63, 3.8) is 0 Å². The Morgan fingerprint density at radius 1 is 1.35 bits per heavy atom. The largest absolute Gasteiger partial charge is 0.483 e. The summed E-state index contributed by atoms with van der Waals surface area (Å²) in [5.41, 5.74) is 1.06. The number of para-hydroxylation sites is 1. The van der Waals surface area contributed by atoms with E-state index in [2.05, 4.69) is 5.32 Å². The van der Waals surface area contributed by atoms with E-state index < -0.39 is 5.97 Å². The number of carbonyl (C=O) groups is 2. The minimum Gasteiger partial charge on any atom is -0.483 e. The van der Waals surface area contributed by atoms with Crippen LogP contribution in [0.4, 0.5) is 0 Å². The van der Waals surface area contributed by atoms with Gasteiger partial charge in [0.1, 0.15) is 5.75 Å². The highest BCUT2D eigenvalue weighted by Crippen LogP contribution is 2.17. The summed E-state index contributed by atoms with van der Waals surface area (Å²) in [5, 5.41) is 11.3. The summed E-state index contributed by atoms with van der Waals surface area (Å²) < 4.78 is 5.47. The summed E-state index contributed by atoms with van der Waals surface area (Å²) in [4.78, 5) is 22.1. The van der Waals surface area contributed by atoms with Crippen molar-refractivity contribution < 1.29 is 19.4 Å². The third kappa shape index (κ3) is 5.73. The van der Waals surface area contributed by atoms with E-state index in [0.29, 0.717) is 12.3 Å². The fraction of sp³-hybridized carbons (Fsp3) is 0.467. The van der Waals surface area contributed by atoms with E-state index in [-0.39, 0.29) is 24.9 Å². The SMILES string of the molecule is CCc1ccccc1OCC(=O)NCC(C)CC(=O)O. The topological polar surface area (TPSA) is 75.6 Å². The van der Waals surface area contributed by atoms with E-state index in [1.807, 2.05) is 31.2 Å². The Morgan fingerprint density at radius 3 is 2.70 bits per heavy atom. The average Bonchev–Trinajstić information content (AvgIpc) is 2.42. The van der Waals surface area contributed by atoms with E-state index in [4.69, 9.17) is 9.84 Å². The summed E-state index contributed by atoms with van der Waals surface area (Å²) in [5.74, 6) is -0.490. The van der Waals surface area contributed by atoms with Gasteiger partial charge in [-0.1, -0.05) is 32.0 Å². The highest BCUT2D eigenvalue weighted by molar-refractivity contribution is 5.77. The molecule has 0 radical (unpaired) electrons. The molecule has 0 aliphatic heterocycles. The van der Waals surface area contributed by atoms with Crippen molar-refractivity contribution in [1.82, 2.24) is 5.32 Å². The van der Waals surface area contributed by atoms with Crippen molar-refractivity contribution in [2.24, 2.45) is 5.92 Å². The van der Waals surface area contributed by atoms with Gasteiger partial charge in [0.15, 0.2) is 6.61 Å². The summed E-state index contributed by atoms with van der Waals surface area (Å²) >= 11 is 0. The van der Waals surface area contributed by atoms with Gasteiger partial charge < -0.3 is 15.2 Å². The van der Waals surface area contributed by atoms with Crippen molar-refractivity contribution in [2.45, 2.75) is 26.7 Å². The van der Waals surface area contributed by atoms with Crippen LogP contribution in [-0.4, -0.2) is 30.1 Å². The van der Waals surface area contributed by atoms with E-state index in [1.165, 1.54) is 0 Å². The van der Waals surface area contributed by atoms with Gasteiger partial charge in [-0.25, -0.2) is 0 Å². The quantitative estimate of drug-likeness (QED) is 0.761. The number of hydrogen-bond donors (Lipinski definition) is 2. The molecule has 0 bridgehead atoms. The van der Waals surface area contributed by atoms with Gasteiger partial charge in [0, 0.05) is 13.0 Å². The molecule has 20 heavy (non-hydrogen) atoms. The van der Waals surface area contributed by atoms with Crippen LogP contribution < -0.4 is 10.1 Å². The lowest BCUT2D eigenvalue weighted by Crippen LogP contribution is -2.33. The second kappa shape index (κ2) is 8.19. The van der Waals surface area contributed by atoms with Gasteiger partial charge in [0.25, 0.3) is 5.91 Å². The fourth-order valence-corrected chi connectivity index (χ4v) is 1.79. The third-order valence-electron chi connectivity index (χ3n) is 2.88. The van der Waals surface area contributed by atoms with Gasteiger partial charge >= 0.3 is 5.97 Å². The van der Waals surface area contributed by atoms with Gasteiger partial charge in [0.2, 0.25) is 0 Å². The zero-order chi connectivity index (χ0) is 15.0. The highest BCUT2D eigenvalue weighted by Gasteiger charge is 2.10. The predicted octanol–water partition coefficient (Wildman–Crippen LogP) is 1.85. The van der Waals surface area contributed by atoms with Gasteiger partial charge in [0.05, 0.1) is 0 Å². The molecule has 1 atom stereocenters. The Bertz CT molecular complexity index is 459. The van der Waals surface area contributed by atoms with Gasteiger partial charge in [-0.05, 0) is 24.0 Å². The molecule has 2 N–H and O–H groups in total. The minimum atomic E-state index is -0.861. The number of carbonyl (C=O) groups excluding carboxylic acids is 1. The Hall–Kier alpha value is -2.04. The number of benzene rings is 1. The Balaban J connectivity index is 2.34. The molecule has 0 aromatic heterocycles. The van der Waals surface area contributed by atoms with E-state index in [9.17, 15) is 9.59 Å². The number of hydrogen-bond acceptors (Lipinski definition) is 3. The Morgan fingerprint density at radius 2 is 2.05 bits per heavy atom. The number of carboxylic acid groups (broad SMARTS) is 1. The van der Waals surface area contributed by atoms with E-state index in [1.54, 1.807) is 6.92 Å². The monoisotopic (exact) mass is 279 g/mol. The zero-order valence-electron chi connectivity index (χ0n) is 11.9.